The van der Waals surface area contributed by atoms with Crippen molar-refractivity contribution in [2.45, 2.75) is 12.8 Å². The number of carbonyl (C=O) groups excluding carboxylic acids is 1. The van der Waals surface area contributed by atoms with E-state index in [1.165, 1.54) is 11.3 Å². The number of hydrogen-bond acceptors (Lipinski definition) is 4. The molecule has 100 valence electrons. The number of aromatic nitrogens is 1. The number of thioether (sulfide) groups is 1. The van der Waals surface area contributed by atoms with Gasteiger partial charge in [-0.15, -0.1) is 11.3 Å². The van der Waals surface area contributed by atoms with Gasteiger partial charge in [0.15, 0.2) is 5.13 Å². The molecule has 1 aromatic carbocycles. The summed E-state index contributed by atoms with van der Waals surface area (Å²) in [5.41, 5.74) is 1.98. The predicted molar refractivity (Wildman–Crippen MR) is 83.8 cm³/mol. The van der Waals surface area contributed by atoms with Crippen LogP contribution in [0.3, 0.4) is 0 Å². The molecule has 0 unspecified atom stereocenters. The van der Waals surface area contributed by atoms with Gasteiger partial charge in [-0.3, -0.25) is 4.79 Å². The minimum absolute atomic E-state index is 0.0445. The lowest BCUT2D eigenvalue weighted by molar-refractivity contribution is -0.116. The summed E-state index contributed by atoms with van der Waals surface area (Å²) in [5.74, 6) is 1.06. The molecule has 2 rings (SSSR count). The van der Waals surface area contributed by atoms with Crippen molar-refractivity contribution in [1.82, 2.24) is 4.98 Å². The molecule has 0 atom stereocenters. The van der Waals surface area contributed by atoms with Crippen LogP contribution >= 0.6 is 23.1 Å². The van der Waals surface area contributed by atoms with Crippen molar-refractivity contribution < 1.29 is 4.79 Å². The van der Waals surface area contributed by atoms with E-state index in [2.05, 4.69) is 10.3 Å². The highest BCUT2D eigenvalue weighted by Gasteiger charge is 2.07. The van der Waals surface area contributed by atoms with Crippen LogP contribution in [-0.2, 0) is 4.79 Å². The Morgan fingerprint density at radius 2 is 2.16 bits per heavy atom. The number of nitrogens with one attached hydrogen (secondary N) is 1. The van der Waals surface area contributed by atoms with Crippen molar-refractivity contribution in [3.63, 3.8) is 0 Å². The quantitative estimate of drug-likeness (QED) is 0.821. The second-order valence-electron chi connectivity index (χ2n) is 4.05. The summed E-state index contributed by atoms with van der Waals surface area (Å²) in [6.45, 7) is 0. The first-order valence-corrected chi connectivity index (χ1v) is 8.36. The summed E-state index contributed by atoms with van der Waals surface area (Å²) in [5, 5.41) is 5.49. The van der Waals surface area contributed by atoms with E-state index in [0.717, 1.165) is 23.4 Å². The highest BCUT2D eigenvalue weighted by Crippen LogP contribution is 2.24. The average molecular weight is 292 g/mol. The third kappa shape index (κ3) is 4.36. The van der Waals surface area contributed by atoms with Crippen molar-refractivity contribution in [2.75, 3.05) is 17.3 Å². The molecule has 1 N–H and O–H groups in total. The Balaban J connectivity index is 1.93. The van der Waals surface area contributed by atoms with E-state index in [-0.39, 0.29) is 5.91 Å². The standard InChI is InChI=1S/C14H16N2OS2/c1-18-9-5-8-13(17)16-14-15-12(10-19-14)11-6-3-2-4-7-11/h2-4,6-7,10H,5,8-9H2,1H3,(H,15,16,17). The van der Waals surface area contributed by atoms with Crippen molar-refractivity contribution >= 4 is 34.1 Å². The van der Waals surface area contributed by atoms with E-state index in [9.17, 15) is 4.79 Å². The van der Waals surface area contributed by atoms with Gasteiger partial charge in [0.1, 0.15) is 0 Å². The maximum absolute atomic E-state index is 11.7. The molecule has 1 amide bonds. The molecule has 0 aliphatic heterocycles. The third-order valence-corrected chi connectivity index (χ3v) is 4.03. The molecule has 2 aromatic rings. The van der Waals surface area contributed by atoms with Gasteiger partial charge in [-0.1, -0.05) is 30.3 Å². The van der Waals surface area contributed by atoms with Gasteiger partial charge in [0.05, 0.1) is 5.69 Å². The van der Waals surface area contributed by atoms with Crippen molar-refractivity contribution in [2.24, 2.45) is 0 Å². The van der Waals surface area contributed by atoms with Crippen LogP contribution in [0.2, 0.25) is 0 Å². The van der Waals surface area contributed by atoms with Crippen LogP contribution < -0.4 is 5.32 Å². The number of benzene rings is 1. The monoisotopic (exact) mass is 292 g/mol. The molecular formula is C14H16N2OS2. The van der Waals surface area contributed by atoms with Crippen molar-refractivity contribution in [1.29, 1.82) is 0 Å². The van der Waals surface area contributed by atoms with Crippen LogP contribution in [0, 0.1) is 0 Å². The SMILES string of the molecule is CSCCCC(=O)Nc1nc(-c2ccccc2)cs1. The van der Waals surface area contributed by atoms with Gasteiger partial charge < -0.3 is 5.32 Å². The van der Waals surface area contributed by atoms with E-state index in [1.807, 2.05) is 42.0 Å². The molecule has 19 heavy (non-hydrogen) atoms. The molecule has 0 fully saturated rings. The Labute approximate surface area is 121 Å². The Morgan fingerprint density at radius 1 is 1.37 bits per heavy atom. The van der Waals surface area contributed by atoms with Crippen LogP contribution in [0.1, 0.15) is 12.8 Å². The zero-order valence-corrected chi connectivity index (χ0v) is 12.4. The number of thiazole rings is 1. The van der Waals surface area contributed by atoms with Gasteiger partial charge in [-0.2, -0.15) is 11.8 Å². The second-order valence-corrected chi connectivity index (χ2v) is 5.89. The van der Waals surface area contributed by atoms with E-state index in [1.54, 1.807) is 11.8 Å². The van der Waals surface area contributed by atoms with Gasteiger partial charge in [0.25, 0.3) is 0 Å². The van der Waals surface area contributed by atoms with Crippen LogP contribution in [-0.4, -0.2) is 22.9 Å². The van der Waals surface area contributed by atoms with Crippen molar-refractivity contribution in [3.05, 3.63) is 35.7 Å². The normalized spacial score (nSPS) is 10.4. The maximum atomic E-state index is 11.7. The Kier molecular flexibility index (Phi) is 5.42. The number of carbonyl (C=O) groups is 1. The highest BCUT2D eigenvalue weighted by molar-refractivity contribution is 7.98. The molecule has 1 aromatic heterocycles. The second kappa shape index (κ2) is 7.31. The molecule has 0 aliphatic carbocycles. The zero-order chi connectivity index (χ0) is 13.5. The number of rotatable bonds is 6. The minimum atomic E-state index is 0.0445. The summed E-state index contributed by atoms with van der Waals surface area (Å²) >= 11 is 3.22. The minimum Gasteiger partial charge on any atom is -0.302 e. The number of nitrogens with zero attached hydrogens (tertiary/aromatic N) is 1. The predicted octanol–water partition coefficient (Wildman–Crippen LogP) is 3.89. The number of anilines is 1. The third-order valence-electron chi connectivity index (χ3n) is 2.57. The first-order chi connectivity index (χ1) is 9.29. The van der Waals surface area contributed by atoms with Gasteiger partial charge >= 0.3 is 0 Å². The van der Waals surface area contributed by atoms with Crippen LogP contribution in [0.25, 0.3) is 11.3 Å². The lowest BCUT2D eigenvalue weighted by atomic mass is 10.2. The van der Waals surface area contributed by atoms with E-state index < -0.39 is 0 Å². The first kappa shape index (κ1) is 14.1. The smallest absolute Gasteiger partial charge is 0.226 e. The lowest BCUT2D eigenvalue weighted by Crippen LogP contribution is -2.11. The molecule has 0 saturated carbocycles. The molecule has 0 spiro atoms. The maximum Gasteiger partial charge on any atom is 0.226 e. The van der Waals surface area contributed by atoms with Gasteiger partial charge in [0, 0.05) is 17.4 Å². The molecule has 0 aliphatic rings. The molecule has 1 heterocycles. The van der Waals surface area contributed by atoms with Crippen LogP contribution in [0.15, 0.2) is 35.7 Å². The Morgan fingerprint density at radius 3 is 2.89 bits per heavy atom. The van der Waals surface area contributed by atoms with Gasteiger partial charge in [-0.25, -0.2) is 4.98 Å². The molecule has 0 radical (unpaired) electrons. The average Bonchev–Trinajstić information content (AvgIpc) is 2.88. The van der Waals surface area contributed by atoms with E-state index in [4.69, 9.17) is 0 Å². The molecule has 0 saturated heterocycles. The summed E-state index contributed by atoms with van der Waals surface area (Å²) in [7, 11) is 0. The van der Waals surface area contributed by atoms with E-state index >= 15 is 0 Å². The summed E-state index contributed by atoms with van der Waals surface area (Å²) in [6, 6.07) is 9.97. The zero-order valence-electron chi connectivity index (χ0n) is 10.8. The number of amides is 1. The largest absolute Gasteiger partial charge is 0.302 e. The molecular weight excluding hydrogens is 276 g/mol. The molecule has 5 heteroatoms. The summed E-state index contributed by atoms with van der Waals surface area (Å²) in [6.07, 6.45) is 3.51. The molecule has 0 bridgehead atoms. The fraction of sp³-hybridized carbons (Fsp3) is 0.286. The fourth-order valence-electron chi connectivity index (χ4n) is 1.63. The van der Waals surface area contributed by atoms with Crippen LogP contribution in [0.5, 0.6) is 0 Å². The first-order valence-electron chi connectivity index (χ1n) is 6.09. The highest BCUT2D eigenvalue weighted by atomic mass is 32.2. The summed E-state index contributed by atoms with van der Waals surface area (Å²) in [4.78, 5) is 16.1. The Bertz CT molecular complexity index is 525. The summed E-state index contributed by atoms with van der Waals surface area (Å²) < 4.78 is 0. The molecule has 3 nitrogen and oxygen atoms in total. The Hall–Kier alpha value is -1.33. The van der Waals surface area contributed by atoms with Crippen molar-refractivity contribution in [3.8, 4) is 11.3 Å². The topological polar surface area (TPSA) is 42.0 Å². The lowest BCUT2D eigenvalue weighted by Gasteiger charge is -2.00. The fourth-order valence-corrected chi connectivity index (χ4v) is 2.80. The van der Waals surface area contributed by atoms with Crippen LogP contribution in [0.4, 0.5) is 5.13 Å². The van der Waals surface area contributed by atoms with Gasteiger partial charge in [0.2, 0.25) is 5.91 Å². The van der Waals surface area contributed by atoms with Gasteiger partial charge in [-0.05, 0) is 18.4 Å². The van der Waals surface area contributed by atoms with E-state index in [0.29, 0.717) is 11.6 Å². The number of hydrogen-bond donors (Lipinski definition) is 1.